The summed E-state index contributed by atoms with van der Waals surface area (Å²) in [5.74, 6) is 1.42. The molecule has 12 heavy (non-hydrogen) atoms. The zero-order chi connectivity index (χ0) is 8.86. The monoisotopic (exact) mass is 186 g/mol. The first-order valence-corrected chi connectivity index (χ1v) is 6.71. The fraction of sp³-hybridized carbons (Fsp3) is 1.00. The van der Waals surface area contributed by atoms with Gasteiger partial charge < -0.3 is 0 Å². The molecule has 0 bridgehead atoms. The highest BCUT2D eigenvalue weighted by molar-refractivity contribution is 7.98. The van der Waals surface area contributed by atoms with Gasteiger partial charge in [0.05, 0.1) is 0 Å². The Bertz CT molecular complexity index is 116. The average Bonchev–Trinajstić information content (AvgIpc) is 2.81. The SMILES string of the molecule is CCCCCCC1(CSC)CC1. The average molecular weight is 186 g/mol. The minimum Gasteiger partial charge on any atom is -0.165 e. The molecule has 0 saturated heterocycles. The molecule has 1 aliphatic rings. The van der Waals surface area contributed by atoms with Gasteiger partial charge in [-0.3, -0.25) is 0 Å². The lowest BCUT2D eigenvalue weighted by Gasteiger charge is -2.12. The smallest absolute Gasteiger partial charge is 0.00136 e. The summed E-state index contributed by atoms with van der Waals surface area (Å²) in [6, 6.07) is 0. The van der Waals surface area contributed by atoms with Crippen LogP contribution in [-0.4, -0.2) is 12.0 Å². The largest absolute Gasteiger partial charge is 0.165 e. The van der Waals surface area contributed by atoms with Crippen molar-refractivity contribution in [3.05, 3.63) is 0 Å². The van der Waals surface area contributed by atoms with Crippen LogP contribution in [0.2, 0.25) is 0 Å². The summed E-state index contributed by atoms with van der Waals surface area (Å²) < 4.78 is 0. The Hall–Kier alpha value is 0.350. The van der Waals surface area contributed by atoms with Crippen LogP contribution in [0.25, 0.3) is 0 Å². The summed E-state index contributed by atoms with van der Waals surface area (Å²) >= 11 is 2.03. The maximum atomic E-state index is 2.29. The molecular formula is C11H22S. The van der Waals surface area contributed by atoms with Gasteiger partial charge in [-0.1, -0.05) is 32.6 Å². The van der Waals surface area contributed by atoms with Crippen molar-refractivity contribution in [2.24, 2.45) is 5.41 Å². The van der Waals surface area contributed by atoms with E-state index in [0.717, 1.165) is 5.41 Å². The van der Waals surface area contributed by atoms with Gasteiger partial charge in [0.15, 0.2) is 0 Å². The third-order valence-electron chi connectivity index (χ3n) is 2.97. The summed E-state index contributed by atoms with van der Waals surface area (Å²) in [6.07, 6.45) is 12.5. The van der Waals surface area contributed by atoms with Crippen LogP contribution in [0.15, 0.2) is 0 Å². The van der Waals surface area contributed by atoms with E-state index in [9.17, 15) is 0 Å². The molecule has 1 aliphatic carbocycles. The van der Waals surface area contributed by atoms with Crippen molar-refractivity contribution in [1.82, 2.24) is 0 Å². The predicted octanol–water partition coefficient (Wildman–Crippen LogP) is 4.10. The van der Waals surface area contributed by atoms with Crippen molar-refractivity contribution < 1.29 is 0 Å². The first-order chi connectivity index (χ1) is 5.83. The van der Waals surface area contributed by atoms with E-state index in [0.29, 0.717) is 0 Å². The third-order valence-corrected chi connectivity index (χ3v) is 3.87. The molecule has 1 heteroatoms. The molecule has 0 atom stereocenters. The van der Waals surface area contributed by atoms with Crippen LogP contribution >= 0.6 is 11.8 Å². The molecule has 0 aromatic carbocycles. The first-order valence-electron chi connectivity index (χ1n) is 5.32. The number of thioether (sulfide) groups is 1. The lowest BCUT2D eigenvalue weighted by Crippen LogP contribution is -2.03. The quantitative estimate of drug-likeness (QED) is 0.539. The Balaban J connectivity index is 1.98. The lowest BCUT2D eigenvalue weighted by atomic mass is 10.0. The summed E-state index contributed by atoms with van der Waals surface area (Å²) in [5.41, 5.74) is 0.813. The normalized spacial score (nSPS) is 19.5. The second-order valence-electron chi connectivity index (χ2n) is 4.24. The molecule has 1 rings (SSSR count). The third kappa shape index (κ3) is 3.38. The number of rotatable bonds is 7. The van der Waals surface area contributed by atoms with Crippen LogP contribution in [0.1, 0.15) is 51.9 Å². The fourth-order valence-corrected chi connectivity index (χ4v) is 2.92. The Morgan fingerprint density at radius 2 is 1.92 bits per heavy atom. The second-order valence-corrected chi connectivity index (χ2v) is 5.11. The minimum atomic E-state index is 0.813. The summed E-state index contributed by atoms with van der Waals surface area (Å²) in [4.78, 5) is 0. The van der Waals surface area contributed by atoms with Gasteiger partial charge in [0.1, 0.15) is 0 Å². The van der Waals surface area contributed by atoms with Crippen molar-refractivity contribution in [1.29, 1.82) is 0 Å². The van der Waals surface area contributed by atoms with Gasteiger partial charge in [-0.25, -0.2) is 0 Å². The second kappa shape index (κ2) is 5.16. The molecule has 0 radical (unpaired) electrons. The van der Waals surface area contributed by atoms with Gasteiger partial charge in [-0.2, -0.15) is 11.8 Å². The van der Waals surface area contributed by atoms with E-state index in [2.05, 4.69) is 13.2 Å². The van der Waals surface area contributed by atoms with E-state index >= 15 is 0 Å². The van der Waals surface area contributed by atoms with Crippen molar-refractivity contribution in [2.75, 3.05) is 12.0 Å². The first kappa shape index (κ1) is 10.4. The molecule has 72 valence electrons. The highest BCUT2D eigenvalue weighted by Gasteiger charge is 2.40. The van der Waals surface area contributed by atoms with Crippen LogP contribution in [0.4, 0.5) is 0 Å². The topological polar surface area (TPSA) is 0 Å². The van der Waals surface area contributed by atoms with Crippen molar-refractivity contribution in [2.45, 2.75) is 51.9 Å². The van der Waals surface area contributed by atoms with Crippen molar-refractivity contribution in [3.8, 4) is 0 Å². The van der Waals surface area contributed by atoms with Crippen LogP contribution in [0, 0.1) is 5.41 Å². The number of hydrogen-bond acceptors (Lipinski definition) is 1. The number of unbranched alkanes of at least 4 members (excludes halogenated alkanes) is 3. The lowest BCUT2D eigenvalue weighted by molar-refractivity contribution is 0.482. The molecule has 0 spiro atoms. The van der Waals surface area contributed by atoms with Gasteiger partial charge in [0.2, 0.25) is 0 Å². The van der Waals surface area contributed by atoms with E-state index in [1.54, 1.807) is 0 Å². The molecule has 0 aromatic rings. The van der Waals surface area contributed by atoms with E-state index in [1.807, 2.05) is 11.8 Å². The van der Waals surface area contributed by atoms with Crippen LogP contribution < -0.4 is 0 Å². The molecule has 1 fully saturated rings. The zero-order valence-corrected chi connectivity index (χ0v) is 9.38. The summed E-state index contributed by atoms with van der Waals surface area (Å²) in [5, 5.41) is 0. The molecule has 0 N–H and O–H groups in total. The molecule has 0 nitrogen and oxygen atoms in total. The van der Waals surface area contributed by atoms with Gasteiger partial charge in [0, 0.05) is 0 Å². The van der Waals surface area contributed by atoms with E-state index in [1.165, 1.54) is 50.7 Å². The molecule has 1 saturated carbocycles. The van der Waals surface area contributed by atoms with Crippen molar-refractivity contribution >= 4 is 11.8 Å². The van der Waals surface area contributed by atoms with Gasteiger partial charge in [-0.05, 0) is 36.7 Å². The Kier molecular flexibility index (Phi) is 4.49. The molecular weight excluding hydrogens is 164 g/mol. The van der Waals surface area contributed by atoms with Gasteiger partial charge in [-0.15, -0.1) is 0 Å². The highest BCUT2D eigenvalue weighted by Crippen LogP contribution is 2.51. The fourth-order valence-electron chi connectivity index (χ4n) is 1.88. The Labute approximate surface area is 81.5 Å². The van der Waals surface area contributed by atoms with E-state index in [4.69, 9.17) is 0 Å². The molecule has 0 unspecified atom stereocenters. The minimum absolute atomic E-state index is 0.813. The van der Waals surface area contributed by atoms with E-state index < -0.39 is 0 Å². The van der Waals surface area contributed by atoms with Gasteiger partial charge in [0.25, 0.3) is 0 Å². The maximum absolute atomic E-state index is 2.29. The number of hydrogen-bond donors (Lipinski definition) is 0. The van der Waals surface area contributed by atoms with Crippen LogP contribution in [-0.2, 0) is 0 Å². The van der Waals surface area contributed by atoms with Crippen molar-refractivity contribution in [3.63, 3.8) is 0 Å². The zero-order valence-electron chi connectivity index (χ0n) is 8.57. The van der Waals surface area contributed by atoms with Crippen LogP contribution in [0.5, 0.6) is 0 Å². The van der Waals surface area contributed by atoms with Gasteiger partial charge >= 0.3 is 0 Å². The molecule has 0 amide bonds. The molecule has 0 aromatic heterocycles. The van der Waals surface area contributed by atoms with Crippen LogP contribution in [0.3, 0.4) is 0 Å². The summed E-state index contributed by atoms with van der Waals surface area (Å²) in [7, 11) is 0. The van der Waals surface area contributed by atoms with E-state index in [-0.39, 0.29) is 0 Å². The molecule has 0 aliphatic heterocycles. The Morgan fingerprint density at radius 1 is 1.17 bits per heavy atom. The maximum Gasteiger partial charge on any atom is -0.00136 e. The highest BCUT2D eigenvalue weighted by atomic mass is 32.2. The standard InChI is InChI=1S/C11H22S/c1-3-4-5-6-7-11(8-9-11)10-12-2/h3-10H2,1-2H3. The molecule has 0 heterocycles. The Morgan fingerprint density at radius 3 is 2.42 bits per heavy atom. The predicted molar refractivity (Wildman–Crippen MR) is 58.8 cm³/mol. The summed E-state index contributed by atoms with van der Waals surface area (Å²) in [6.45, 7) is 2.29.